The highest BCUT2D eigenvalue weighted by atomic mass is 32.2. The number of nitrogens with zero attached hydrogens (tertiary/aromatic N) is 4. The quantitative estimate of drug-likeness (QED) is 0.588. The summed E-state index contributed by atoms with van der Waals surface area (Å²) in [5, 5.41) is 14.4. The molecule has 28 heavy (non-hydrogen) atoms. The van der Waals surface area contributed by atoms with Gasteiger partial charge in [-0.3, -0.25) is 4.79 Å². The zero-order valence-corrected chi connectivity index (χ0v) is 17.1. The van der Waals surface area contributed by atoms with Crippen molar-refractivity contribution < 1.29 is 9.53 Å². The van der Waals surface area contributed by atoms with Gasteiger partial charge in [0.25, 0.3) is 0 Å². The van der Waals surface area contributed by atoms with Crippen molar-refractivity contribution in [3.8, 4) is 17.1 Å². The molecule has 0 bridgehead atoms. The molecule has 0 saturated heterocycles. The van der Waals surface area contributed by atoms with Crippen LogP contribution >= 0.6 is 23.1 Å². The first-order chi connectivity index (χ1) is 13.7. The van der Waals surface area contributed by atoms with Gasteiger partial charge in [-0.25, -0.2) is 4.98 Å². The first-order valence-corrected chi connectivity index (χ1v) is 11.0. The van der Waals surface area contributed by atoms with Gasteiger partial charge in [-0.15, -0.1) is 21.5 Å². The van der Waals surface area contributed by atoms with Crippen molar-refractivity contribution >= 4 is 34.1 Å². The van der Waals surface area contributed by atoms with Crippen LogP contribution in [-0.2, 0) is 11.8 Å². The largest absolute Gasteiger partial charge is 0.490 e. The van der Waals surface area contributed by atoms with Crippen LogP contribution in [0.3, 0.4) is 0 Å². The molecule has 1 saturated carbocycles. The van der Waals surface area contributed by atoms with Crippen LogP contribution in [0.25, 0.3) is 11.4 Å². The number of thioether (sulfide) groups is 1. The molecule has 146 valence electrons. The number of carbonyl (C=O) groups is 1. The summed E-state index contributed by atoms with van der Waals surface area (Å²) in [6.45, 7) is 0. The van der Waals surface area contributed by atoms with Gasteiger partial charge in [0.15, 0.2) is 16.1 Å². The first kappa shape index (κ1) is 18.9. The van der Waals surface area contributed by atoms with E-state index in [1.165, 1.54) is 35.9 Å². The molecule has 0 radical (unpaired) electrons. The molecule has 1 aliphatic rings. The van der Waals surface area contributed by atoms with Crippen LogP contribution in [0.1, 0.15) is 25.7 Å². The molecule has 3 aromatic rings. The van der Waals surface area contributed by atoms with Crippen molar-refractivity contribution in [1.82, 2.24) is 19.7 Å². The predicted molar refractivity (Wildman–Crippen MR) is 111 cm³/mol. The zero-order valence-electron chi connectivity index (χ0n) is 15.5. The fourth-order valence-corrected chi connectivity index (χ4v) is 4.40. The molecule has 0 atom stereocenters. The first-order valence-electron chi connectivity index (χ1n) is 9.17. The Bertz CT molecular complexity index is 918. The molecule has 1 amide bonds. The van der Waals surface area contributed by atoms with Gasteiger partial charge >= 0.3 is 0 Å². The van der Waals surface area contributed by atoms with Gasteiger partial charge in [0, 0.05) is 24.2 Å². The van der Waals surface area contributed by atoms with E-state index < -0.39 is 0 Å². The van der Waals surface area contributed by atoms with E-state index in [4.69, 9.17) is 4.74 Å². The zero-order chi connectivity index (χ0) is 19.3. The Balaban J connectivity index is 1.36. The topological polar surface area (TPSA) is 81.9 Å². The van der Waals surface area contributed by atoms with E-state index in [0.29, 0.717) is 16.4 Å². The lowest BCUT2D eigenvalue weighted by Crippen LogP contribution is -2.14. The van der Waals surface area contributed by atoms with Crippen molar-refractivity contribution in [3.63, 3.8) is 0 Å². The molecular formula is C19H21N5O2S2. The van der Waals surface area contributed by atoms with Gasteiger partial charge in [0.1, 0.15) is 5.75 Å². The van der Waals surface area contributed by atoms with Gasteiger partial charge in [0.05, 0.1) is 11.9 Å². The number of aromatic nitrogens is 4. The van der Waals surface area contributed by atoms with E-state index in [0.717, 1.165) is 30.0 Å². The number of thiazole rings is 1. The molecular weight excluding hydrogens is 394 g/mol. The number of ether oxygens (including phenoxy) is 1. The van der Waals surface area contributed by atoms with Gasteiger partial charge in [-0.05, 0) is 49.9 Å². The third-order valence-corrected chi connectivity index (χ3v) is 6.27. The van der Waals surface area contributed by atoms with E-state index in [1.807, 2.05) is 41.3 Å². The minimum absolute atomic E-state index is 0.113. The Kier molecular flexibility index (Phi) is 5.92. The molecule has 2 aromatic heterocycles. The maximum Gasteiger partial charge on any atom is 0.236 e. The number of hydrogen-bond acceptors (Lipinski definition) is 7. The van der Waals surface area contributed by atoms with Gasteiger partial charge in [-0.2, -0.15) is 0 Å². The molecule has 1 aromatic carbocycles. The van der Waals surface area contributed by atoms with Gasteiger partial charge < -0.3 is 14.6 Å². The number of carbonyl (C=O) groups excluding carboxylic acids is 1. The van der Waals surface area contributed by atoms with E-state index in [9.17, 15) is 4.79 Å². The second-order valence-corrected chi connectivity index (χ2v) is 8.43. The standard InChI is InChI=1S/C19H21N5O2S2/c1-24-17(13-6-8-15(9-7-13)26-14-4-2-3-5-14)22-23-19(24)28-12-16(25)21-18-20-10-11-27-18/h6-11,14H,2-5,12H2,1H3,(H,20,21,25). The minimum atomic E-state index is -0.113. The van der Waals surface area contributed by atoms with Crippen LogP contribution < -0.4 is 10.1 Å². The summed E-state index contributed by atoms with van der Waals surface area (Å²) in [5.41, 5.74) is 0.966. The lowest BCUT2D eigenvalue weighted by molar-refractivity contribution is -0.113. The van der Waals surface area contributed by atoms with Crippen LogP contribution in [0.4, 0.5) is 5.13 Å². The van der Waals surface area contributed by atoms with Gasteiger partial charge in [0.2, 0.25) is 5.91 Å². The molecule has 0 spiro atoms. The van der Waals surface area contributed by atoms with Crippen LogP contribution in [0, 0.1) is 0 Å². The number of rotatable bonds is 7. The molecule has 1 aliphatic carbocycles. The summed E-state index contributed by atoms with van der Waals surface area (Å²) in [5.74, 6) is 1.79. The molecule has 2 heterocycles. The minimum Gasteiger partial charge on any atom is -0.490 e. The second kappa shape index (κ2) is 8.74. The molecule has 0 aliphatic heterocycles. The Hall–Kier alpha value is -2.39. The van der Waals surface area contributed by atoms with Crippen molar-refractivity contribution in [2.45, 2.75) is 36.9 Å². The molecule has 7 nitrogen and oxygen atoms in total. The molecule has 0 unspecified atom stereocenters. The average Bonchev–Trinajstić information content (AvgIpc) is 3.45. The van der Waals surface area contributed by atoms with E-state index in [1.54, 1.807) is 6.20 Å². The van der Waals surface area contributed by atoms with E-state index in [-0.39, 0.29) is 11.7 Å². The highest BCUT2D eigenvalue weighted by molar-refractivity contribution is 7.99. The third-order valence-electron chi connectivity index (χ3n) is 4.56. The maximum absolute atomic E-state index is 12.0. The number of anilines is 1. The lowest BCUT2D eigenvalue weighted by atomic mass is 10.2. The van der Waals surface area contributed by atoms with Crippen molar-refractivity contribution in [2.24, 2.45) is 7.05 Å². The number of benzene rings is 1. The highest BCUT2D eigenvalue weighted by Crippen LogP contribution is 2.27. The number of nitrogens with one attached hydrogen (secondary N) is 1. The monoisotopic (exact) mass is 415 g/mol. The Morgan fingerprint density at radius 3 is 2.79 bits per heavy atom. The van der Waals surface area contributed by atoms with E-state index in [2.05, 4.69) is 20.5 Å². The number of amides is 1. The predicted octanol–water partition coefficient (Wildman–Crippen LogP) is 3.99. The normalized spacial score (nSPS) is 14.3. The van der Waals surface area contributed by atoms with Crippen LogP contribution in [0.15, 0.2) is 41.0 Å². The van der Waals surface area contributed by atoms with Crippen molar-refractivity contribution in [2.75, 3.05) is 11.1 Å². The summed E-state index contributed by atoms with van der Waals surface area (Å²) in [4.78, 5) is 16.1. The maximum atomic E-state index is 12.0. The highest BCUT2D eigenvalue weighted by Gasteiger charge is 2.17. The van der Waals surface area contributed by atoms with Crippen LogP contribution in [0.2, 0.25) is 0 Å². The summed E-state index contributed by atoms with van der Waals surface area (Å²) in [6.07, 6.45) is 6.79. The van der Waals surface area contributed by atoms with E-state index >= 15 is 0 Å². The Morgan fingerprint density at radius 2 is 2.07 bits per heavy atom. The Labute approximate surface area is 171 Å². The number of hydrogen-bond donors (Lipinski definition) is 1. The SMILES string of the molecule is Cn1c(SCC(=O)Nc2nccs2)nnc1-c1ccc(OC2CCCC2)cc1. The summed E-state index contributed by atoms with van der Waals surface area (Å²) < 4.78 is 7.91. The molecule has 9 heteroatoms. The van der Waals surface area contributed by atoms with Crippen molar-refractivity contribution in [3.05, 3.63) is 35.8 Å². The van der Waals surface area contributed by atoms with Crippen molar-refractivity contribution in [1.29, 1.82) is 0 Å². The molecule has 1 fully saturated rings. The average molecular weight is 416 g/mol. The fourth-order valence-electron chi connectivity index (χ4n) is 3.14. The van der Waals surface area contributed by atoms with Crippen LogP contribution in [-0.4, -0.2) is 37.5 Å². The molecule has 1 N–H and O–H groups in total. The lowest BCUT2D eigenvalue weighted by Gasteiger charge is -2.13. The second-order valence-electron chi connectivity index (χ2n) is 6.59. The summed E-state index contributed by atoms with van der Waals surface area (Å²) in [7, 11) is 1.90. The third kappa shape index (κ3) is 4.53. The summed E-state index contributed by atoms with van der Waals surface area (Å²) >= 11 is 2.74. The van der Waals surface area contributed by atoms with Gasteiger partial charge in [-0.1, -0.05) is 11.8 Å². The smallest absolute Gasteiger partial charge is 0.236 e. The Morgan fingerprint density at radius 1 is 1.29 bits per heavy atom. The summed E-state index contributed by atoms with van der Waals surface area (Å²) in [6, 6.07) is 7.96. The fraction of sp³-hybridized carbons (Fsp3) is 0.368. The molecule has 4 rings (SSSR count). The van der Waals surface area contributed by atoms with Crippen LogP contribution in [0.5, 0.6) is 5.75 Å².